The summed E-state index contributed by atoms with van der Waals surface area (Å²) in [5.74, 6) is -0.199. The summed E-state index contributed by atoms with van der Waals surface area (Å²) in [5, 5.41) is 9.75. The lowest BCUT2D eigenvalue weighted by molar-refractivity contribution is 0.0696. The third-order valence-electron chi connectivity index (χ3n) is 2.84. The molecule has 0 atom stereocenters. The Balaban J connectivity index is 2.12. The molecule has 1 amide bonds. The molecule has 0 saturated heterocycles. The van der Waals surface area contributed by atoms with Gasteiger partial charge in [-0.2, -0.15) is 0 Å². The van der Waals surface area contributed by atoms with Crippen LogP contribution in [0.1, 0.15) is 20.7 Å². The number of nitrogens with one attached hydrogen (secondary N) is 1. The fourth-order valence-electron chi connectivity index (χ4n) is 1.91. The first-order valence-electron chi connectivity index (χ1n) is 5.63. The van der Waals surface area contributed by atoms with Gasteiger partial charge in [-0.1, -0.05) is 12.1 Å². The maximum atomic E-state index is 12.0. The highest BCUT2D eigenvalue weighted by molar-refractivity contribution is 6.08. The highest BCUT2D eigenvalue weighted by Gasteiger charge is 2.22. The van der Waals surface area contributed by atoms with Gasteiger partial charge < -0.3 is 15.2 Å². The topological polar surface area (TPSA) is 78.3 Å². The summed E-state index contributed by atoms with van der Waals surface area (Å²) in [7, 11) is 0. The van der Waals surface area contributed by atoms with Crippen LogP contribution in [0.5, 0.6) is 11.5 Å². The second-order valence-electron chi connectivity index (χ2n) is 4.09. The molecule has 5 nitrogen and oxygen atoms in total. The molecule has 94 valence electrons. The van der Waals surface area contributed by atoms with Crippen molar-refractivity contribution in [2.45, 2.75) is 0 Å². The molecule has 0 aliphatic carbocycles. The molecule has 3 rings (SSSR count). The number of benzene rings is 2. The number of hydrogen-bond donors (Lipinski definition) is 1. The molecule has 0 fully saturated rings. The first-order chi connectivity index (χ1) is 9.15. The number of ether oxygens (including phenoxy) is 1. The zero-order chi connectivity index (χ0) is 13.4. The van der Waals surface area contributed by atoms with Gasteiger partial charge in [-0.3, -0.25) is 4.79 Å². The van der Waals surface area contributed by atoms with E-state index >= 15 is 0 Å². The molecule has 0 spiro atoms. The third kappa shape index (κ3) is 1.91. The number of hydrogen-bond acceptors (Lipinski definition) is 3. The van der Waals surface area contributed by atoms with Gasteiger partial charge in [0.25, 0.3) is 5.91 Å². The monoisotopic (exact) mass is 256 g/mol. The minimum absolute atomic E-state index is 0.202. The summed E-state index contributed by atoms with van der Waals surface area (Å²) < 4.78 is 5.65. The molecule has 5 heteroatoms. The molecule has 0 aromatic heterocycles. The molecule has 2 aromatic carbocycles. The van der Waals surface area contributed by atoms with E-state index in [1.54, 1.807) is 30.3 Å². The maximum absolute atomic E-state index is 12.0. The quantitative estimate of drug-likeness (QED) is 0.791. The van der Waals surface area contributed by atoms with E-state index in [0.29, 0.717) is 22.7 Å². The zero-order valence-corrected chi connectivity index (χ0v) is 9.77. The maximum Gasteiger partial charge on any atom is 0.549 e. The molecule has 19 heavy (non-hydrogen) atoms. The van der Waals surface area contributed by atoms with Gasteiger partial charge in [-0.25, -0.2) is 0 Å². The third-order valence-corrected chi connectivity index (χ3v) is 2.84. The molecule has 0 bridgehead atoms. The molecule has 1 heterocycles. The van der Waals surface area contributed by atoms with E-state index in [-0.39, 0.29) is 11.5 Å². The van der Waals surface area contributed by atoms with E-state index in [1.807, 2.05) is 0 Å². The van der Waals surface area contributed by atoms with Crippen molar-refractivity contribution in [1.29, 1.82) is 0 Å². The standard InChI is InChI=1S/C14H9NO4/c16-13-9-3-1-2-4-11(9)19-12-6-5-8(14(17)18)7-10(12)15-13/h1-7H,(H,15,16)(H,17,18)/p+1. The van der Waals surface area contributed by atoms with Gasteiger partial charge in [-0.15, -0.1) is 0 Å². The van der Waals surface area contributed by atoms with Crippen LogP contribution in [0.25, 0.3) is 0 Å². The zero-order valence-electron chi connectivity index (χ0n) is 9.77. The number of carbonyl (C=O) groups excluding carboxylic acids is 2. The molecule has 2 aromatic rings. The number of fused-ring (bicyclic) bond motifs is 2. The lowest BCUT2D eigenvalue weighted by Gasteiger charge is -2.07. The number of amides is 1. The highest BCUT2D eigenvalue weighted by atomic mass is 16.5. The lowest BCUT2D eigenvalue weighted by Crippen LogP contribution is -2.10. The summed E-state index contributed by atoms with van der Waals surface area (Å²) >= 11 is 0. The number of anilines is 1. The predicted octanol–water partition coefficient (Wildman–Crippen LogP) is 1.91. The van der Waals surface area contributed by atoms with Crippen LogP contribution in [0.15, 0.2) is 42.5 Å². The molecular weight excluding hydrogens is 246 g/mol. The van der Waals surface area contributed by atoms with Crippen molar-refractivity contribution in [2.24, 2.45) is 0 Å². The van der Waals surface area contributed by atoms with Gasteiger partial charge in [0, 0.05) is 4.79 Å². The van der Waals surface area contributed by atoms with E-state index < -0.39 is 5.97 Å². The van der Waals surface area contributed by atoms with Crippen molar-refractivity contribution in [1.82, 2.24) is 0 Å². The van der Waals surface area contributed by atoms with Gasteiger partial charge in [-0.05, 0) is 30.3 Å². The average Bonchev–Trinajstić information content (AvgIpc) is 2.54. The first-order valence-corrected chi connectivity index (χ1v) is 5.63. The van der Waals surface area contributed by atoms with E-state index in [1.165, 1.54) is 12.1 Å². The summed E-state index contributed by atoms with van der Waals surface area (Å²) in [6.45, 7) is 0. The summed E-state index contributed by atoms with van der Waals surface area (Å²) in [6.07, 6.45) is 0. The number of rotatable bonds is 1. The Morgan fingerprint density at radius 2 is 1.89 bits per heavy atom. The minimum atomic E-state index is -0.807. The Morgan fingerprint density at radius 3 is 2.68 bits per heavy atom. The second kappa shape index (κ2) is 4.13. The van der Waals surface area contributed by atoms with Crippen LogP contribution in [0.4, 0.5) is 5.69 Å². The minimum Gasteiger partial charge on any atom is -0.561 e. The van der Waals surface area contributed by atoms with Crippen LogP contribution in [0.3, 0.4) is 0 Å². The van der Waals surface area contributed by atoms with E-state index in [2.05, 4.69) is 5.32 Å². The second-order valence-corrected chi connectivity index (χ2v) is 4.09. The lowest BCUT2D eigenvalue weighted by atomic mass is 10.2. The fourth-order valence-corrected chi connectivity index (χ4v) is 1.91. The first kappa shape index (κ1) is 11.3. The number of carbonyl (C=O) groups is 2. The van der Waals surface area contributed by atoms with Crippen molar-refractivity contribution in [2.75, 3.05) is 5.32 Å². The highest BCUT2D eigenvalue weighted by Crippen LogP contribution is 2.35. The van der Waals surface area contributed by atoms with Gasteiger partial charge >= 0.3 is 5.97 Å². The van der Waals surface area contributed by atoms with Crippen molar-refractivity contribution in [3.05, 3.63) is 53.6 Å². The van der Waals surface area contributed by atoms with Crippen LogP contribution >= 0.6 is 0 Å². The molecule has 0 radical (unpaired) electrons. The average molecular weight is 256 g/mol. The number of para-hydroxylation sites is 1. The van der Waals surface area contributed by atoms with Crippen LogP contribution < -0.4 is 10.1 Å². The Bertz CT molecular complexity index is 694. The summed E-state index contributed by atoms with van der Waals surface area (Å²) in [4.78, 5) is 23.1. The molecule has 0 saturated carbocycles. The largest absolute Gasteiger partial charge is 0.561 e. The van der Waals surface area contributed by atoms with Crippen LogP contribution in [0.2, 0.25) is 0 Å². The summed E-state index contributed by atoms with van der Waals surface area (Å²) in [6, 6.07) is 11.4. The van der Waals surface area contributed by atoms with Gasteiger partial charge in [0.1, 0.15) is 11.3 Å². The Labute approximate surface area is 108 Å². The molecule has 3 N–H and O–H groups in total. The van der Waals surface area contributed by atoms with E-state index in [9.17, 15) is 9.59 Å². The molecule has 1 aliphatic heterocycles. The Morgan fingerprint density at radius 1 is 1.11 bits per heavy atom. The Hall–Kier alpha value is -2.82. The van der Waals surface area contributed by atoms with Gasteiger partial charge in [0.15, 0.2) is 5.75 Å². The van der Waals surface area contributed by atoms with E-state index in [4.69, 9.17) is 9.84 Å². The Kier molecular flexibility index (Phi) is 2.45. The van der Waals surface area contributed by atoms with Crippen LogP contribution in [-0.2, 0) is 0 Å². The fraction of sp³-hybridized carbons (Fsp3) is 0. The molecule has 1 aliphatic rings. The molecule has 0 unspecified atom stereocenters. The van der Waals surface area contributed by atoms with Crippen molar-refractivity contribution >= 4 is 17.6 Å². The van der Waals surface area contributed by atoms with E-state index in [0.717, 1.165) is 0 Å². The van der Waals surface area contributed by atoms with Crippen LogP contribution in [0, 0.1) is 0 Å². The van der Waals surface area contributed by atoms with Gasteiger partial charge in [0.05, 0.1) is 11.3 Å². The predicted molar refractivity (Wildman–Crippen MR) is 68.9 cm³/mol. The van der Waals surface area contributed by atoms with Crippen molar-refractivity contribution in [3.8, 4) is 11.5 Å². The molecular formula is C14H10NO4+. The summed E-state index contributed by atoms with van der Waals surface area (Å²) in [5.41, 5.74) is 1.02. The SMILES string of the molecule is O=C([OH2+])c1ccc2c(c1)NC(=O)c1ccccc1O2. The normalized spacial score (nSPS) is 12.5. The smallest absolute Gasteiger partial charge is 0.549 e. The van der Waals surface area contributed by atoms with Gasteiger partial charge in [0.2, 0.25) is 0 Å². The van der Waals surface area contributed by atoms with Crippen molar-refractivity contribution in [3.63, 3.8) is 0 Å². The van der Waals surface area contributed by atoms with Crippen LogP contribution in [-0.4, -0.2) is 17.0 Å². The van der Waals surface area contributed by atoms with Crippen molar-refractivity contribution < 1.29 is 19.4 Å².